The standard InChI is InChI=1S/C14H10Cl3F2N3O2/c1-23-11-4-7(2-3-10(11)24-14(18)19)6-20-22-13-9(16)5-8(15)12(17)21-13/h2-6,14H,1H3,(H,21,22)/b20-6-. The van der Waals surface area contributed by atoms with Gasteiger partial charge in [0.05, 0.1) is 23.4 Å². The quantitative estimate of drug-likeness (QED) is 0.419. The van der Waals surface area contributed by atoms with Crippen molar-refractivity contribution >= 4 is 46.8 Å². The molecule has 0 saturated heterocycles. The lowest BCUT2D eigenvalue weighted by atomic mass is 10.2. The molecule has 1 aromatic heterocycles. The highest BCUT2D eigenvalue weighted by Crippen LogP contribution is 2.30. The Labute approximate surface area is 151 Å². The number of methoxy groups -OCH3 is 1. The molecule has 1 heterocycles. The van der Waals surface area contributed by atoms with Crippen LogP contribution in [0.1, 0.15) is 5.56 Å². The SMILES string of the molecule is COc1cc(/C=N\Nc2nc(Cl)c(Cl)cc2Cl)ccc1OC(F)F. The fourth-order valence-electron chi connectivity index (χ4n) is 1.65. The van der Waals surface area contributed by atoms with Crippen molar-refractivity contribution in [3.63, 3.8) is 0 Å². The molecule has 0 amide bonds. The second-order valence-electron chi connectivity index (χ2n) is 4.25. The van der Waals surface area contributed by atoms with E-state index in [1.54, 1.807) is 0 Å². The summed E-state index contributed by atoms with van der Waals surface area (Å²) >= 11 is 17.5. The van der Waals surface area contributed by atoms with Crippen molar-refractivity contribution in [3.05, 3.63) is 45.0 Å². The average molecular weight is 397 g/mol. The van der Waals surface area contributed by atoms with E-state index in [-0.39, 0.29) is 32.5 Å². The number of hydrazone groups is 1. The van der Waals surface area contributed by atoms with E-state index in [0.717, 1.165) is 0 Å². The lowest BCUT2D eigenvalue weighted by molar-refractivity contribution is -0.0512. The minimum atomic E-state index is -2.94. The number of ether oxygens (including phenoxy) is 2. The van der Waals surface area contributed by atoms with Gasteiger partial charge in [0.15, 0.2) is 17.3 Å². The summed E-state index contributed by atoms with van der Waals surface area (Å²) in [5.41, 5.74) is 3.17. The first-order valence-corrected chi connectivity index (χ1v) is 7.47. The van der Waals surface area contributed by atoms with E-state index in [9.17, 15) is 8.78 Å². The first-order chi connectivity index (χ1) is 11.4. The van der Waals surface area contributed by atoms with Gasteiger partial charge in [-0.2, -0.15) is 13.9 Å². The van der Waals surface area contributed by atoms with Gasteiger partial charge in [0.25, 0.3) is 0 Å². The molecule has 0 bridgehead atoms. The number of hydrogen-bond acceptors (Lipinski definition) is 5. The molecule has 2 aromatic rings. The Hall–Kier alpha value is -1.83. The summed E-state index contributed by atoms with van der Waals surface area (Å²) in [6.45, 7) is -2.94. The van der Waals surface area contributed by atoms with Gasteiger partial charge < -0.3 is 9.47 Å². The molecule has 0 spiro atoms. The summed E-state index contributed by atoms with van der Waals surface area (Å²) in [7, 11) is 1.34. The highest BCUT2D eigenvalue weighted by atomic mass is 35.5. The number of benzene rings is 1. The predicted octanol–water partition coefficient (Wildman–Crippen LogP) is 5.10. The molecule has 5 nitrogen and oxygen atoms in total. The molecule has 0 radical (unpaired) electrons. The predicted molar refractivity (Wildman–Crippen MR) is 90.1 cm³/mol. The molecule has 0 aliphatic heterocycles. The van der Waals surface area contributed by atoms with Crippen molar-refractivity contribution in [2.24, 2.45) is 5.10 Å². The molecule has 128 valence electrons. The Balaban J connectivity index is 2.13. The second-order valence-corrected chi connectivity index (χ2v) is 5.42. The third-order valence-electron chi connectivity index (χ3n) is 2.67. The summed E-state index contributed by atoms with van der Waals surface area (Å²) in [6, 6.07) is 5.77. The first kappa shape index (κ1) is 18.5. The molecule has 2 rings (SSSR count). The normalized spacial score (nSPS) is 11.1. The zero-order valence-corrected chi connectivity index (χ0v) is 14.3. The molecule has 10 heteroatoms. The molecule has 0 aliphatic rings. The Kier molecular flexibility index (Phi) is 6.42. The maximum Gasteiger partial charge on any atom is 0.387 e. The van der Waals surface area contributed by atoms with E-state index in [0.29, 0.717) is 5.56 Å². The lowest BCUT2D eigenvalue weighted by Crippen LogP contribution is -2.04. The summed E-state index contributed by atoms with van der Waals surface area (Å²) in [6.07, 6.45) is 1.41. The van der Waals surface area contributed by atoms with E-state index in [4.69, 9.17) is 39.5 Å². The molecular weight excluding hydrogens is 387 g/mol. The monoisotopic (exact) mass is 395 g/mol. The highest BCUT2D eigenvalue weighted by Gasteiger charge is 2.10. The van der Waals surface area contributed by atoms with Crippen molar-refractivity contribution < 1.29 is 18.3 Å². The third-order valence-corrected chi connectivity index (χ3v) is 3.64. The van der Waals surface area contributed by atoms with Gasteiger partial charge in [-0.25, -0.2) is 4.98 Å². The maximum atomic E-state index is 12.3. The number of rotatable bonds is 6. The third kappa shape index (κ3) is 4.83. The summed E-state index contributed by atoms with van der Waals surface area (Å²) in [4.78, 5) is 3.93. The zero-order chi connectivity index (χ0) is 17.7. The fraction of sp³-hybridized carbons (Fsp3) is 0.143. The average Bonchev–Trinajstić information content (AvgIpc) is 2.53. The van der Waals surface area contributed by atoms with Crippen LogP contribution < -0.4 is 14.9 Å². The van der Waals surface area contributed by atoms with Crippen LogP contribution in [-0.2, 0) is 0 Å². The lowest BCUT2D eigenvalue weighted by Gasteiger charge is -2.10. The van der Waals surface area contributed by atoms with Crippen LogP contribution in [0.2, 0.25) is 15.2 Å². The Morgan fingerprint density at radius 3 is 2.58 bits per heavy atom. The fourth-order valence-corrected chi connectivity index (χ4v) is 2.19. The molecule has 1 aromatic carbocycles. The minimum Gasteiger partial charge on any atom is -0.493 e. The van der Waals surface area contributed by atoms with Gasteiger partial charge in [-0.3, -0.25) is 5.43 Å². The maximum absolute atomic E-state index is 12.3. The van der Waals surface area contributed by atoms with E-state index in [2.05, 4.69) is 20.2 Å². The number of aromatic nitrogens is 1. The molecule has 0 atom stereocenters. The van der Waals surface area contributed by atoms with Crippen LogP contribution in [-0.4, -0.2) is 24.9 Å². The van der Waals surface area contributed by atoms with Crippen molar-refractivity contribution in [2.75, 3.05) is 12.5 Å². The van der Waals surface area contributed by atoms with Crippen molar-refractivity contribution in [1.29, 1.82) is 0 Å². The highest BCUT2D eigenvalue weighted by molar-refractivity contribution is 6.42. The minimum absolute atomic E-state index is 0.0770. The smallest absolute Gasteiger partial charge is 0.387 e. The molecular formula is C14H10Cl3F2N3O2. The molecule has 0 aliphatic carbocycles. The topological polar surface area (TPSA) is 55.7 Å². The number of pyridine rings is 1. The van der Waals surface area contributed by atoms with Gasteiger partial charge in [-0.15, -0.1) is 0 Å². The van der Waals surface area contributed by atoms with E-state index in [1.807, 2.05) is 0 Å². The van der Waals surface area contributed by atoms with E-state index < -0.39 is 6.61 Å². The van der Waals surface area contributed by atoms with Gasteiger partial charge in [0.2, 0.25) is 0 Å². The van der Waals surface area contributed by atoms with Crippen LogP contribution in [0.15, 0.2) is 29.4 Å². The number of hydrogen-bond donors (Lipinski definition) is 1. The number of anilines is 1. The molecule has 24 heavy (non-hydrogen) atoms. The number of alkyl halides is 2. The largest absolute Gasteiger partial charge is 0.493 e. The van der Waals surface area contributed by atoms with Crippen molar-refractivity contribution in [3.8, 4) is 11.5 Å². The van der Waals surface area contributed by atoms with Crippen LogP contribution in [0.25, 0.3) is 0 Å². The van der Waals surface area contributed by atoms with Gasteiger partial charge in [0.1, 0.15) is 5.15 Å². The van der Waals surface area contributed by atoms with Gasteiger partial charge >= 0.3 is 6.61 Å². The van der Waals surface area contributed by atoms with Crippen LogP contribution in [0, 0.1) is 0 Å². The summed E-state index contributed by atoms with van der Waals surface area (Å²) in [5, 5.41) is 4.47. The Bertz CT molecular complexity index is 760. The molecule has 0 fully saturated rings. The number of nitrogens with zero attached hydrogens (tertiary/aromatic N) is 2. The van der Waals surface area contributed by atoms with Crippen LogP contribution >= 0.6 is 34.8 Å². The van der Waals surface area contributed by atoms with Gasteiger partial charge in [-0.1, -0.05) is 34.8 Å². The van der Waals surface area contributed by atoms with Crippen molar-refractivity contribution in [2.45, 2.75) is 6.61 Å². The zero-order valence-electron chi connectivity index (χ0n) is 12.1. The van der Waals surface area contributed by atoms with Crippen LogP contribution in [0.5, 0.6) is 11.5 Å². The summed E-state index contributed by atoms with van der Waals surface area (Å²) in [5.74, 6) is 0.281. The van der Waals surface area contributed by atoms with Crippen LogP contribution in [0.3, 0.4) is 0 Å². The second kappa shape index (κ2) is 8.32. The van der Waals surface area contributed by atoms with Gasteiger partial charge in [-0.05, 0) is 29.8 Å². The first-order valence-electron chi connectivity index (χ1n) is 6.34. The van der Waals surface area contributed by atoms with E-state index in [1.165, 1.54) is 37.6 Å². The van der Waals surface area contributed by atoms with Crippen LogP contribution in [0.4, 0.5) is 14.6 Å². The number of halogens is 5. The molecule has 0 unspecified atom stereocenters. The molecule has 0 saturated carbocycles. The summed E-state index contributed by atoms with van der Waals surface area (Å²) < 4.78 is 33.9. The van der Waals surface area contributed by atoms with Crippen molar-refractivity contribution in [1.82, 2.24) is 4.98 Å². The number of nitrogens with one attached hydrogen (secondary N) is 1. The Morgan fingerprint density at radius 1 is 1.17 bits per heavy atom. The van der Waals surface area contributed by atoms with Gasteiger partial charge in [0, 0.05) is 0 Å². The Morgan fingerprint density at radius 2 is 1.92 bits per heavy atom. The van der Waals surface area contributed by atoms with E-state index >= 15 is 0 Å². The molecule has 1 N–H and O–H groups in total.